The van der Waals surface area contributed by atoms with E-state index in [1.807, 2.05) is 28.7 Å². The van der Waals surface area contributed by atoms with Crippen LogP contribution in [0.2, 0.25) is 0 Å². The average molecular weight is 395 g/mol. The van der Waals surface area contributed by atoms with Crippen LogP contribution in [-0.2, 0) is 11.8 Å². The number of morpholine rings is 1. The third-order valence-electron chi connectivity index (χ3n) is 5.71. The van der Waals surface area contributed by atoms with E-state index < -0.39 is 0 Å². The minimum absolute atomic E-state index is 0.0198. The highest BCUT2D eigenvalue weighted by atomic mass is 16.5. The van der Waals surface area contributed by atoms with Gasteiger partial charge in [0.1, 0.15) is 5.69 Å². The fourth-order valence-electron chi connectivity index (χ4n) is 4.13. The van der Waals surface area contributed by atoms with Crippen molar-refractivity contribution in [2.75, 3.05) is 44.3 Å². The van der Waals surface area contributed by atoms with Crippen molar-refractivity contribution in [3.05, 3.63) is 42.1 Å². The average Bonchev–Trinajstić information content (AvgIpc) is 3.39. The summed E-state index contributed by atoms with van der Waals surface area (Å²) in [5, 5.41) is 9.00. The number of nitrogens with zero attached hydrogens (tertiary/aromatic N) is 7. The summed E-state index contributed by atoms with van der Waals surface area (Å²) in [7, 11) is 1.82. The standard InChI is InChI=1S/C20H25N7O2/c1-24-8-6-17(22-24)20(28)26-7-2-3-15(13-26)19-21-18-5-4-16(14-27(18)23-19)25-9-11-29-12-10-25/h4-6,8,14-15H,2-3,7,9-13H2,1H3/t15-/m1/s1. The van der Waals surface area contributed by atoms with E-state index in [1.165, 1.54) is 0 Å². The second-order valence-electron chi connectivity index (χ2n) is 7.72. The molecule has 5 rings (SSSR count). The lowest BCUT2D eigenvalue weighted by Gasteiger charge is -2.30. The first-order chi connectivity index (χ1) is 14.2. The van der Waals surface area contributed by atoms with Crippen LogP contribution in [0.3, 0.4) is 0 Å². The minimum atomic E-state index is -0.0198. The number of likely N-dealkylation sites (tertiary alicyclic amines) is 1. The van der Waals surface area contributed by atoms with Gasteiger partial charge >= 0.3 is 0 Å². The Labute approximate surface area is 168 Å². The zero-order valence-electron chi connectivity index (χ0n) is 16.6. The number of aromatic nitrogens is 5. The Bertz CT molecular complexity index is 1020. The number of hydrogen-bond acceptors (Lipinski definition) is 6. The lowest BCUT2D eigenvalue weighted by Crippen LogP contribution is -2.39. The molecular weight excluding hydrogens is 370 g/mol. The Kier molecular flexibility index (Phi) is 4.67. The molecule has 152 valence electrons. The van der Waals surface area contributed by atoms with Gasteiger partial charge in [0.05, 0.1) is 25.1 Å². The van der Waals surface area contributed by atoms with Crippen LogP contribution < -0.4 is 4.90 Å². The van der Waals surface area contributed by atoms with Crippen LogP contribution in [0.5, 0.6) is 0 Å². The monoisotopic (exact) mass is 395 g/mol. The van der Waals surface area contributed by atoms with Crippen molar-refractivity contribution in [3.63, 3.8) is 0 Å². The number of carbonyl (C=O) groups excluding carboxylic acids is 1. The number of piperidine rings is 1. The molecule has 1 atom stereocenters. The highest BCUT2D eigenvalue weighted by molar-refractivity contribution is 5.92. The van der Waals surface area contributed by atoms with Crippen molar-refractivity contribution in [1.82, 2.24) is 29.3 Å². The maximum Gasteiger partial charge on any atom is 0.274 e. The number of carbonyl (C=O) groups is 1. The van der Waals surface area contributed by atoms with Gasteiger partial charge in [-0.3, -0.25) is 9.48 Å². The smallest absolute Gasteiger partial charge is 0.274 e. The number of aryl methyl sites for hydroxylation is 1. The van der Waals surface area contributed by atoms with Crippen molar-refractivity contribution >= 4 is 17.2 Å². The van der Waals surface area contributed by atoms with E-state index in [0.29, 0.717) is 12.2 Å². The lowest BCUT2D eigenvalue weighted by molar-refractivity contribution is 0.0698. The first-order valence-corrected chi connectivity index (χ1v) is 10.2. The third kappa shape index (κ3) is 3.57. The van der Waals surface area contributed by atoms with Crippen molar-refractivity contribution in [1.29, 1.82) is 0 Å². The molecule has 0 N–H and O–H groups in total. The van der Waals surface area contributed by atoms with Gasteiger partial charge in [-0.05, 0) is 31.0 Å². The molecule has 0 bridgehead atoms. The minimum Gasteiger partial charge on any atom is -0.378 e. The number of rotatable bonds is 3. The molecule has 5 heterocycles. The topological polar surface area (TPSA) is 80.8 Å². The summed E-state index contributed by atoms with van der Waals surface area (Å²) in [5.74, 6) is 0.930. The van der Waals surface area contributed by atoms with Gasteiger partial charge in [-0.1, -0.05) is 0 Å². The number of hydrogen-bond donors (Lipinski definition) is 0. The van der Waals surface area contributed by atoms with E-state index in [9.17, 15) is 4.79 Å². The number of fused-ring (bicyclic) bond motifs is 1. The first kappa shape index (κ1) is 18.1. The van der Waals surface area contributed by atoms with Gasteiger partial charge in [0, 0.05) is 45.3 Å². The second-order valence-corrected chi connectivity index (χ2v) is 7.72. The zero-order chi connectivity index (χ0) is 19.8. The molecule has 0 aliphatic carbocycles. The van der Waals surface area contributed by atoms with Gasteiger partial charge in [-0.2, -0.15) is 10.2 Å². The maximum atomic E-state index is 12.8. The van der Waals surface area contributed by atoms with Gasteiger partial charge in [-0.25, -0.2) is 9.50 Å². The van der Waals surface area contributed by atoms with Crippen LogP contribution in [0, 0.1) is 0 Å². The van der Waals surface area contributed by atoms with Gasteiger partial charge in [0.15, 0.2) is 11.5 Å². The molecule has 0 radical (unpaired) electrons. The second kappa shape index (κ2) is 7.47. The van der Waals surface area contributed by atoms with E-state index >= 15 is 0 Å². The molecule has 2 saturated heterocycles. The summed E-state index contributed by atoms with van der Waals surface area (Å²) in [6, 6.07) is 5.88. The molecule has 0 aromatic carbocycles. The Balaban J connectivity index is 1.35. The van der Waals surface area contributed by atoms with Crippen LogP contribution >= 0.6 is 0 Å². The van der Waals surface area contributed by atoms with Crippen LogP contribution in [0.15, 0.2) is 30.6 Å². The predicted molar refractivity (Wildman–Crippen MR) is 107 cm³/mol. The number of amides is 1. The van der Waals surface area contributed by atoms with E-state index in [1.54, 1.807) is 16.9 Å². The highest BCUT2D eigenvalue weighted by Gasteiger charge is 2.29. The van der Waals surface area contributed by atoms with Gasteiger partial charge < -0.3 is 14.5 Å². The molecule has 9 heteroatoms. The van der Waals surface area contributed by atoms with E-state index in [0.717, 1.165) is 62.8 Å². The molecule has 3 aromatic rings. The molecule has 1 amide bonds. The SMILES string of the molecule is Cn1ccc(C(=O)N2CCC[C@@H](c3nc4ccc(N5CCOCC5)cn4n3)C2)n1. The molecule has 2 fully saturated rings. The van der Waals surface area contributed by atoms with Crippen molar-refractivity contribution in [2.45, 2.75) is 18.8 Å². The van der Waals surface area contributed by atoms with Crippen LogP contribution in [0.1, 0.15) is 35.1 Å². The molecule has 0 spiro atoms. The Morgan fingerprint density at radius 2 is 2.00 bits per heavy atom. The fraction of sp³-hybridized carbons (Fsp3) is 0.500. The summed E-state index contributed by atoms with van der Waals surface area (Å²) in [6.07, 6.45) is 5.76. The van der Waals surface area contributed by atoms with Crippen molar-refractivity contribution < 1.29 is 9.53 Å². The van der Waals surface area contributed by atoms with Gasteiger partial charge in [-0.15, -0.1) is 0 Å². The van der Waals surface area contributed by atoms with Crippen LogP contribution in [0.25, 0.3) is 5.65 Å². The first-order valence-electron chi connectivity index (χ1n) is 10.2. The van der Waals surface area contributed by atoms with Crippen LogP contribution in [0.4, 0.5) is 5.69 Å². The number of anilines is 1. The summed E-state index contributed by atoms with van der Waals surface area (Å²) >= 11 is 0. The van der Waals surface area contributed by atoms with E-state index in [-0.39, 0.29) is 11.8 Å². The van der Waals surface area contributed by atoms with Gasteiger partial charge in [0.25, 0.3) is 5.91 Å². The fourth-order valence-corrected chi connectivity index (χ4v) is 4.13. The Hall–Kier alpha value is -2.94. The largest absolute Gasteiger partial charge is 0.378 e. The molecule has 2 aliphatic rings. The van der Waals surface area contributed by atoms with Crippen molar-refractivity contribution in [2.24, 2.45) is 7.05 Å². The molecule has 29 heavy (non-hydrogen) atoms. The Morgan fingerprint density at radius 3 is 2.79 bits per heavy atom. The molecule has 0 unspecified atom stereocenters. The number of ether oxygens (including phenoxy) is 1. The highest BCUT2D eigenvalue weighted by Crippen LogP contribution is 2.26. The normalized spacial score (nSPS) is 20.4. The van der Waals surface area contributed by atoms with Crippen molar-refractivity contribution in [3.8, 4) is 0 Å². The maximum absolute atomic E-state index is 12.8. The van der Waals surface area contributed by atoms with E-state index in [2.05, 4.69) is 16.1 Å². The zero-order valence-corrected chi connectivity index (χ0v) is 16.6. The van der Waals surface area contributed by atoms with Crippen LogP contribution in [-0.4, -0.2) is 74.6 Å². The molecular formula is C20H25N7O2. The molecule has 9 nitrogen and oxygen atoms in total. The third-order valence-corrected chi connectivity index (χ3v) is 5.71. The Morgan fingerprint density at radius 1 is 1.14 bits per heavy atom. The predicted octanol–water partition coefficient (Wildman–Crippen LogP) is 1.32. The summed E-state index contributed by atoms with van der Waals surface area (Å²) < 4.78 is 8.96. The molecule has 0 saturated carbocycles. The molecule has 3 aromatic heterocycles. The summed E-state index contributed by atoms with van der Waals surface area (Å²) in [4.78, 5) is 21.7. The van der Waals surface area contributed by atoms with Gasteiger partial charge in [0.2, 0.25) is 0 Å². The van der Waals surface area contributed by atoms with E-state index in [4.69, 9.17) is 14.8 Å². The number of pyridine rings is 1. The quantitative estimate of drug-likeness (QED) is 0.665. The molecule has 2 aliphatic heterocycles. The summed E-state index contributed by atoms with van der Waals surface area (Å²) in [5.41, 5.74) is 2.46. The summed E-state index contributed by atoms with van der Waals surface area (Å²) in [6.45, 7) is 4.66. The lowest BCUT2D eigenvalue weighted by atomic mass is 9.97.